The number of halogens is 1. The van der Waals surface area contributed by atoms with Gasteiger partial charge in [0.15, 0.2) is 0 Å². The number of para-hydroxylation sites is 1. The predicted octanol–water partition coefficient (Wildman–Crippen LogP) is 4.91. The molecular weight excluding hydrogens is 382 g/mol. The summed E-state index contributed by atoms with van der Waals surface area (Å²) in [6.07, 6.45) is 1.70. The molecule has 0 aliphatic carbocycles. The second-order valence-electron chi connectivity index (χ2n) is 5.40. The maximum atomic E-state index is 12.3. The first-order valence-electron chi connectivity index (χ1n) is 7.54. The number of rotatable bonds is 4. The van der Waals surface area contributed by atoms with E-state index in [1.165, 1.54) is 6.07 Å². The third-order valence-electron chi connectivity index (χ3n) is 3.69. The molecular formula is C20H14BrNO3. The minimum atomic E-state index is -1.09. The van der Waals surface area contributed by atoms with E-state index in [0.29, 0.717) is 4.48 Å². The first-order chi connectivity index (χ1) is 12.0. The molecule has 0 heterocycles. The van der Waals surface area contributed by atoms with Gasteiger partial charge in [-0.2, -0.15) is 0 Å². The van der Waals surface area contributed by atoms with Crippen LogP contribution in [0, 0.1) is 0 Å². The molecule has 0 aliphatic rings. The molecule has 0 fully saturated rings. The lowest BCUT2D eigenvalue weighted by atomic mass is 10.1. The average molecular weight is 396 g/mol. The highest BCUT2D eigenvalue weighted by atomic mass is 79.9. The van der Waals surface area contributed by atoms with Gasteiger partial charge in [-0.25, -0.2) is 4.79 Å². The number of nitrogens with one attached hydrogen (secondary N) is 1. The molecule has 0 bridgehead atoms. The summed E-state index contributed by atoms with van der Waals surface area (Å²) in [7, 11) is 0. The van der Waals surface area contributed by atoms with Crippen LogP contribution in [0.2, 0.25) is 0 Å². The Hall–Kier alpha value is -2.92. The van der Waals surface area contributed by atoms with Crippen molar-refractivity contribution in [2.24, 2.45) is 0 Å². The lowest BCUT2D eigenvalue weighted by Crippen LogP contribution is -2.14. The van der Waals surface area contributed by atoms with Crippen LogP contribution in [0.4, 0.5) is 5.69 Å². The standard InChI is InChI=1S/C20H14BrNO3/c21-17(12-13-9-10-14-5-1-2-6-15(14)11-13)19(23)22-18-8-4-3-7-16(18)20(24)25/h1-12H,(H,22,23)(H,24,25). The SMILES string of the molecule is O=C(Nc1ccccc1C(=O)O)C(Br)=Cc1ccc2ccccc2c1. The number of amides is 1. The molecule has 2 N–H and O–H groups in total. The van der Waals surface area contributed by atoms with Crippen molar-refractivity contribution in [1.82, 2.24) is 0 Å². The second kappa shape index (κ2) is 7.32. The minimum Gasteiger partial charge on any atom is -0.478 e. The maximum Gasteiger partial charge on any atom is 0.337 e. The van der Waals surface area contributed by atoms with Gasteiger partial charge in [0, 0.05) is 0 Å². The highest BCUT2D eigenvalue weighted by Gasteiger charge is 2.13. The molecule has 3 aromatic carbocycles. The quantitative estimate of drug-likeness (QED) is 0.616. The summed E-state index contributed by atoms with van der Waals surface area (Å²) in [6, 6.07) is 20.1. The monoisotopic (exact) mass is 395 g/mol. The highest BCUT2D eigenvalue weighted by Crippen LogP contribution is 2.21. The second-order valence-corrected chi connectivity index (χ2v) is 6.26. The molecule has 0 spiro atoms. The van der Waals surface area contributed by atoms with E-state index in [2.05, 4.69) is 21.2 Å². The van der Waals surface area contributed by atoms with E-state index in [1.54, 1.807) is 24.3 Å². The van der Waals surface area contributed by atoms with E-state index < -0.39 is 11.9 Å². The number of hydrogen-bond donors (Lipinski definition) is 2. The van der Waals surface area contributed by atoms with Crippen molar-refractivity contribution >= 4 is 50.3 Å². The van der Waals surface area contributed by atoms with Gasteiger partial charge < -0.3 is 10.4 Å². The van der Waals surface area contributed by atoms with E-state index in [-0.39, 0.29) is 11.3 Å². The van der Waals surface area contributed by atoms with Crippen LogP contribution >= 0.6 is 15.9 Å². The average Bonchev–Trinajstić information content (AvgIpc) is 2.61. The largest absolute Gasteiger partial charge is 0.478 e. The predicted molar refractivity (Wildman–Crippen MR) is 103 cm³/mol. The van der Waals surface area contributed by atoms with Crippen LogP contribution in [0.5, 0.6) is 0 Å². The Bertz CT molecular complexity index is 995. The Labute approximate surface area is 152 Å². The van der Waals surface area contributed by atoms with Gasteiger partial charge in [-0.05, 0) is 56.5 Å². The van der Waals surface area contributed by atoms with Crippen molar-refractivity contribution in [2.45, 2.75) is 0 Å². The highest BCUT2D eigenvalue weighted by molar-refractivity contribution is 9.12. The fourth-order valence-corrected chi connectivity index (χ4v) is 2.83. The Morgan fingerprint density at radius 1 is 0.920 bits per heavy atom. The van der Waals surface area contributed by atoms with E-state index in [4.69, 9.17) is 0 Å². The topological polar surface area (TPSA) is 66.4 Å². The molecule has 0 saturated carbocycles. The van der Waals surface area contributed by atoms with Crippen molar-refractivity contribution in [3.63, 3.8) is 0 Å². The molecule has 4 nitrogen and oxygen atoms in total. The van der Waals surface area contributed by atoms with E-state index in [0.717, 1.165) is 16.3 Å². The maximum absolute atomic E-state index is 12.3. The zero-order chi connectivity index (χ0) is 17.8. The summed E-state index contributed by atoms with van der Waals surface area (Å²) in [4.78, 5) is 23.5. The number of carbonyl (C=O) groups excluding carboxylic acids is 1. The number of carbonyl (C=O) groups is 2. The first kappa shape index (κ1) is 16.9. The fourth-order valence-electron chi connectivity index (χ4n) is 2.47. The van der Waals surface area contributed by atoms with E-state index in [1.807, 2.05) is 42.5 Å². The summed E-state index contributed by atoms with van der Waals surface area (Å²) in [5, 5.41) is 14.0. The molecule has 0 radical (unpaired) electrons. The Kier molecular flexibility index (Phi) is 4.95. The van der Waals surface area contributed by atoms with Crippen LogP contribution in [0.25, 0.3) is 16.8 Å². The lowest BCUT2D eigenvalue weighted by molar-refractivity contribution is -0.112. The normalized spacial score (nSPS) is 11.3. The lowest BCUT2D eigenvalue weighted by Gasteiger charge is -2.08. The Morgan fingerprint density at radius 2 is 1.60 bits per heavy atom. The van der Waals surface area contributed by atoms with E-state index >= 15 is 0 Å². The van der Waals surface area contributed by atoms with Gasteiger partial charge in [-0.3, -0.25) is 4.79 Å². The first-order valence-corrected chi connectivity index (χ1v) is 8.33. The van der Waals surface area contributed by atoms with Crippen LogP contribution in [0.15, 0.2) is 71.2 Å². The van der Waals surface area contributed by atoms with Crippen molar-refractivity contribution < 1.29 is 14.7 Å². The van der Waals surface area contributed by atoms with Crippen LogP contribution in [0.1, 0.15) is 15.9 Å². The molecule has 3 rings (SSSR count). The minimum absolute atomic E-state index is 0.0434. The van der Waals surface area contributed by atoms with Gasteiger partial charge in [0.2, 0.25) is 0 Å². The summed E-state index contributed by atoms with van der Waals surface area (Å²) in [6.45, 7) is 0. The zero-order valence-corrected chi connectivity index (χ0v) is 14.7. The van der Waals surface area contributed by atoms with Gasteiger partial charge in [0.1, 0.15) is 0 Å². The summed E-state index contributed by atoms with van der Waals surface area (Å²) in [5.74, 6) is -1.51. The van der Waals surface area contributed by atoms with E-state index in [9.17, 15) is 14.7 Å². The molecule has 3 aromatic rings. The molecule has 0 saturated heterocycles. The smallest absolute Gasteiger partial charge is 0.337 e. The molecule has 0 aromatic heterocycles. The molecule has 1 amide bonds. The number of carboxylic acids is 1. The third-order valence-corrected chi connectivity index (χ3v) is 4.28. The van der Waals surface area contributed by atoms with Crippen molar-refractivity contribution in [1.29, 1.82) is 0 Å². The van der Waals surface area contributed by atoms with Gasteiger partial charge >= 0.3 is 5.97 Å². The van der Waals surface area contributed by atoms with Gasteiger partial charge in [-0.15, -0.1) is 0 Å². The van der Waals surface area contributed by atoms with Gasteiger partial charge in [-0.1, -0.05) is 48.5 Å². The fraction of sp³-hybridized carbons (Fsp3) is 0. The van der Waals surface area contributed by atoms with Crippen molar-refractivity contribution in [2.75, 3.05) is 5.32 Å². The van der Waals surface area contributed by atoms with Crippen LogP contribution in [0.3, 0.4) is 0 Å². The summed E-state index contributed by atoms with van der Waals surface area (Å²) < 4.78 is 0.308. The van der Waals surface area contributed by atoms with Gasteiger partial charge in [0.05, 0.1) is 15.7 Å². The molecule has 0 atom stereocenters. The third kappa shape index (κ3) is 3.95. The Balaban J connectivity index is 1.84. The van der Waals surface area contributed by atoms with Crippen LogP contribution in [-0.2, 0) is 4.79 Å². The molecule has 124 valence electrons. The summed E-state index contributed by atoms with van der Waals surface area (Å²) >= 11 is 3.26. The van der Waals surface area contributed by atoms with Crippen LogP contribution in [-0.4, -0.2) is 17.0 Å². The van der Waals surface area contributed by atoms with Gasteiger partial charge in [0.25, 0.3) is 5.91 Å². The zero-order valence-electron chi connectivity index (χ0n) is 13.1. The van der Waals surface area contributed by atoms with Crippen molar-refractivity contribution in [3.05, 3.63) is 82.3 Å². The number of aromatic carboxylic acids is 1. The molecule has 0 aliphatic heterocycles. The Morgan fingerprint density at radius 3 is 2.36 bits per heavy atom. The summed E-state index contributed by atoms with van der Waals surface area (Å²) in [5.41, 5.74) is 1.16. The molecule has 0 unspecified atom stereocenters. The van der Waals surface area contributed by atoms with Crippen LogP contribution < -0.4 is 5.32 Å². The number of fused-ring (bicyclic) bond motifs is 1. The molecule has 5 heteroatoms. The number of carboxylic acid groups (broad SMARTS) is 1. The van der Waals surface area contributed by atoms with Crippen molar-refractivity contribution in [3.8, 4) is 0 Å². The number of hydrogen-bond acceptors (Lipinski definition) is 2. The number of benzene rings is 3. The molecule has 25 heavy (non-hydrogen) atoms. The number of anilines is 1.